The molecular formula is C14H12FN3O2S. The smallest absolute Gasteiger partial charge is 0.293 e. The van der Waals surface area contributed by atoms with Crippen molar-refractivity contribution in [2.45, 2.75) is 17.2 Å². The molecule has 108 valence electrons. The second-order valence-corrected chi connectivity index (χ2v) is 5.28. The molecule has 21 heavy (non-hydrogen) atoms. The molecule has 5 nitrogen and oxygen atoms in total. The molecule has 0 aliphatic heterocycles. The Morgan fingerprint density at radius 2 is 1.95 bits per heavy atom. The molecule has 0 spiro atoms. The summed E-state index contributed by atoms with van der Waals surface area (Å²) in [7, 11) is 0. The zero-order chi connectivity index (χ0) is 14.7. The maximum atomic E-state index is 12.8. The van der Waals surface area contributed by atoms with Crippen molar-refractivity contribution in [1.29, 1.82) is 0 Å². The predicted octanol–water partition coefficient (Wildman–Crippen LogP) is 3.22. The Kier molecular flexibility index (Phi) is 4.03. The maximum Gasteiger partial charge on any atom is 0.293 e. The van der Waals surface area contributed by atoms with Gasteiger partial charge in [-0.05, 0) is 36.4 Å². The molecule has 2 heterocycles. The number of hydrogen-bond acceptors (Lipinski definition) is 6. The lowest BCUT2D eigenvalue weighted by Crippen LogP contribution is -1.92. The Morgan fingerprint density at radius 3 is 2.67 bits per heavy atom. The first kappa shape index (κ1) is 13.8. The van der Waals surface area contributed by atoms with Crippen LogP contribution in [0.4, 0.5) is 4.39 Å². The van der Waals surface area contributed by atoms with Crippen LogP contribution >= 0.6 is 11.8 Å². The molecule has 0 aliphatic carbocycles. The van der Waals surface area contributed by atoms with Gasteiger partial charge in [0, 0.05) is 4.90 Å². The zero-order valence-corrected chi connectivity index (χ0v) is 11.8. The average Bonchev–Trinajstić information content (AvgIpc) is 3.15. The van der Waals surface area contributed by atoms with Crippen molar-refractivity contribution in [1.82, 2.24) is 10.1 Å². The summed E-state index contributed by atoms with van der Waals surface area (Å²) in [6, 6.07) is 9.77. The molecule has 0 aliphatic rings. The number of benzene rings is 1. The Labute approximate surface area is 124 Å². The van der Waals surface area contributed by atoms with Gasteiger partial charge in [0.1, 0.15) is 11.6 Å². The molecule has 0 radical (unpaired) electrons. The summed E-state index contributed by atoms with van der Waals surface area (Å²) in [5.41, 5.74) is 5.48. The lowest BCUT2D eigenvalue weighted by atomic mass is 10.4. The van der Waals surface area contributed by atoms with E-state index >= 15 is 0 Å². The minimum atomic E-state index is -0.255. The van der Waals surface area contributed by atoms with E-state index in [0.717, 1.165) is 4.90 Å². The van der Waals surface area contributed by atoms with Crippen molar-refractivity contribution >= 4 is 11.8 Å². The van der Waals surface area contributed by atoms with E-state index in [0.29, 0.717) is 35.5 Å². The van der Waals surface area contributed by atoms with Crippen LogP contribution in [0.1, 0.15) is 11.6 Å². The summed E-state index contributed by atoms with van der Waals surface area (Å²) in [5.74, 6) is 2.30. The monoisotopic (exact) mass is 305 g/mol. The van der Waals surface area contributed by atoms with E-state index in [2.05, 4.69) is 10.1 Å². The molecule has 0 bridgehead atoms. The Bertz CT molecular complexity index is 724. The minimum Gasteiger partial charge on any atom is -0.455 e. The quantitative estimate of drug-likeness (QED) is 0.729. The van der Waals surface area contributed by atoms with Gasteiger partial charge < -0.3 is 14.7 Å². The van der Waals surface area contributed by atoms with Crippen LogP contribution in [-0.4, -0.2) is 10.1 Å². The van der Waals surface area contributed by atoms with E-state index in [4.69, 9.17) is 14.7 Å². The van der Waals surface area contributed by atoms with Crippen LogP contribution in [0.2, 0.25) is 0 Å². The lowest BCUT2D eigenvalue weighted by molar-refractivity contribution is 0.407. The van der Waals surface area contributed by atoms with Crippen LogP contribution in [0, 0.1) is 5.82 Å². The number of halogens is 1. The minimum absolute atomic E-state index is 0.255. The van der Waals surface area contributed by atoms with Crippen molar-refractivity contribution in [2.24, 2.45) is 5.73 Å². The van der Waals surface area contributed by atoms with Crippen LogP contribution in [0.3, 0.4) is 0 Å². The van der Waals surface area contributed by atoms with E-state index in [9.17, 15) is 4.39 Å². The largest absolute Gasteiger partial charge is 0.455 e. The number of hydrogen-bond donors (Lipinski definition) is 1. The van der Waals surface area contributed by atoms with Gasteiger partial charge in [-0.1, -0.05) is 5.16 Å². The first-order valence-electron chi connectivity index (χ1n) is 6.24. The third-order valence-corrected chi connectivity index (χ3v) is 3.73. The summed E-state index contributed by atoms with van der Waals surface area (Å²) in [4.78, 5) is 5.19. The van der Waals surface area contributed by atoms with Crippen LogP contribution in [0.25, 0.3) is 11.7 Å². The van der Waals surface area contributed by atoms with Gasteiger partial charge in [-0.3, -0.25) is 0 Å². The van der Waals surface area contributed by atoms with Crippen LogP contribution < -0.4 is 5.73 Å². The number of furan rings is 1. The molecule has 0 fully saturated rings. The van der Waals surface area contributed by atoms with E-state index in [1.165, 1.54) is 23.9 Å². The van der Waals surface area contributed by atoms with Crippen molar-refractivity contribution in [3.05, 3.63) is 53.8 Å². The maximum absolute atomic E-state index is 12.8. The predicted molar refractivity (Wildman–Crippen MR) is 75.9 cm³/mol. The average molecular weight is 305 g/mol. The summed E-state index contributed by atoms with van der Waals surface area (Å²) in [6.45, 7) is 0.321. The molecule has 2 aromatic heterocycles. The summed E-state index contributed by atoms with van der Waals surface area (Å²) < 4.78 is 23.4. The molecule has 1 aromatic carbocycles. The van der Waals surface area contributed by atoms with E-state index in [1.54, 1.807) is 24.3 Å². The second-order valence-electron chi connectivity index (χ2n) is 4.23. The highest BCUT2D eigenvalue weighted by Crippen LogP contribution is 2.24. The fourth-order valence-corrected chi connectivity index (χ4v) is 2.44. The van der Waals surface area contributed by atoms with Gasteiger partial charge in [-0.25, -0.2) is 4.39 Å². The standard InChI is InChI=1S/C14H12FN3O2S/c15-9-1-4-11(5-2-9)21-8-13-17-14(20-18-13)12-6-3-10(7-16)19-12/h1-6H,7-8,16H2. The van der Waals surface area contributed by atoms with Gasteiger partial charge in [-0.15, -0.1) is 11.8 Å². The summed E-state index contributed by atoms with van der Waals surface area (Å²) in [5, 5.41) is 3.89. The SMILES string of the molecule is NCc1ccc(-c2nc(CSc3ccc(F)cc3)no2)o1. The molecule has 0 saturated carbocycles. The van der Waals surface area contributed by atoms with Crippen LogP contribution in [0.15, 0.2) is 50.2 Å². The molecule has 3 rings (SSSR count). The number of nitrogens with two attached hydrogens (primary N) is 1. The van der Waals surface area contributed by atoms with Gasteiger partial charge in [0.2, 0.25) is 0 Å². The number of nitrogens with zero attached hydrogens (tertiary/aromatic N) is 2. The van der Waals surface area contributed by atoms with Crippen LogP contribution in [-0.2, 0) is 12.3 Å². The molecule has 0 atom stereocenters. The van der Waals surface area contributed by atoms with Gasteiger partial charge >= 0.3 is 0 Å². The second kappa shape index (κ2) is 6.11. The molecule has 3 aromatic rings. The molecule has 0 amide bonds. The van der Waals surface area contributed by atoms with Gasteiger partial charge in [0.15, 0.2) is 11.6 Å². The fourth-order valence-electron chi connectivity index (χ4n) is 1.69. The molecule has 0 saturated heterocycles. The molecule has 0 unspecified atom stereocenters. The first-order chi connectivity index (χ1) is 10.2. The molecule has 2 N–H and O–H groups in total. The normalized spacial score (nSPS) is 11.0. The number of aromatic nitrogens is 2. The number of rotatable bonds is 5. The zero-order valence-electron chi connectivity index (χ0n) is 11.0. The Morgan fingerprint density at radius 1 is 1.14 bits per heavy atom. The topological polar surface area (TPSA) is 78.1 Å². The fraction of sp³-hybridized carbons (Fsp3) is 0.143. The van der Waals surface area contributed by atoms with Crippen LogP contribution in [0.5, 0.6) is 0 Å². The third-order valence-electron chi connectivity index (χ3n) is 2.72. The summed E-state index contributed by atoms with van der Waals surface area (Å²) in [6.07, 6.45) is 0. The highest BCUT2D eigenvalue weighted by atomic mass is 32.2. The van der Waals surface area contributed by atoms with E-state index in [-0.39, 0.29) is 5.82 Å². The Hall–Kier alpha value is -2.12. The van der Waals surface area contributed by atoms with Crippen molar-refractivity contribution in [2.75, 3.05) is 0 Å². The lowest BCUT2D eigenvalue weighted by Gasteiger charge is -1.97. The highest BCUT2D eigenvalue weighted by Gasteiger charge is 2.12. The number of thioether (sulfide) groups is 1. The molecular weight excluding hydrogens is 293 g/mol. The Balaban J connectivity index is 1.66. The van der Waals surface area contributed by atoms with Gasteiger partial charge in [0.05, 0.1) is 12.3 Å². The van der Waals surface area contributed by atoms with Gasteiger partial charge in [-0.2, -0.15) is 4.98 Å². The van der Waals surface area contributed by atoms with Crippen molar-refractivity contribution < 1.29 is 13.3 Å². The first-order valence-corrected chi connectivity index (χ1v) is 7.23. The summed E-state index contributed by atoms with van der Waals surface area (Å²) >= 11 is 1.50. The van der Waals surface area contributed by atoms with E-state index < -0.39 is 0 Å². The van der Waals surface area contributed by atoms with Crippen molar-refractivity contribution in [3.8, 4) is 11.7 Å². The van der Waals surface area contributed by atoms with Gasteiger partial charge in [0.25, 0.3) is 5.89 Å². The highest BCUT2D eigenvalue weighted by molar-refractivity contribution is 7.98. The van der Waals surface area contributed by atoms with Crippen molar-refractivity contribution in [3.63, 3.8) is 0 Å². The third kappa shape index (κ3) is 3.32. The van der Waals surface area contributed by atoms with E-state index in [1.807, 2.05) is 0 Å². The molecule has 7 heteroatoms.